The monoisotopic (exact) mass is 435 g/mol. The average Bonchev–Trinajstić information content (AvgIpc) is 3.11. The molecule has 2 aromatic carbocycles. The third-order valence-electron chi connectivity index (χ3n) is 4.49. The first-order valence-electron chi connectivity index (χ1n) is 9.85. The van der Waals surface area contributed by atoms with Gasteiger partial charge in [-0.3, -0.25) is 0 Å². The quantitative estimate of drug-likeness (QED) is 0.361. The fraction of sp³-hybridized carbons (Fsp3) is 0.208. The second-order valence-electron chi connectivity index (χ2n) is 8.05. The van der Waals surface area contributed by atoms with Crippen LogP contribution in [0.3, 0.4) is 0 Å². The first-order valence-corrected chi connectivity index (χ1v) is 10.2. The molecule has 31 heavy (non-hydrogen) atoms. The minimum atomic E-state index is -0.646. The number of nitrogens with zero attached hydrogens (tertiary/aromatic N) is 3. The highest BCUT2D eigenvalue weighted by atomic mass is 35.5. The Balaban J connectivity index is 1.75. The number of halogens is 1. The molecule has 0 bridgehead atoms. The number of benzene rings is 2. The molecule has 4 aromatic rings. The van der Waals surface area contributed by atoms with Gasteiger partial charge < -0.3 is 9.47 Å². The highest BCUT2D eigenvalue weighted by Crippen LogP contribution is 2.31. The lowest BCUT2D eigenvalue weighted by molar-refractivity contribution is 0.0547. The zero-order valence-electron chi connectivity index (χ0n) is 17.5. The molecule has 158 valence electrons. The summed E-state index contributed by atoms with van der Waals surface area (Å²) < 4.78 is 13.1. The van der Waals surface area contributed by atoms with E-state index < -0.39 is 11.7 Å². The van der Waals surface area contributed by atoms with Gasteiger partial charge in [-0.2, -0.15) is 0 Å². The van der Waals surface area contributed by atoms with Crippen molar-refractivity contribution in [2.75, 3.05) is 0 Å². The summed E-state index contributed by atoms with van der Waals surface area (Å²) in [5, 5.41) is 0.923. The third-order valence-corrected chi connectivity index (χ3v) is 4.67. The fourth-order valence-electron chi connectivity index (χ4n) is 3.19. The lowest BCUT2D eigenvalue weighted by Gasteiger charge is -2.21. The van der Waals surface area contributed by atoms with Crippen molar-refractivity contribution in [3.8, 4) is 17.1 Å². The summed E-state index contributed by atoms with van der Waals surface area (Å²) in [4.78, 5) is 21.2. The Morgan fingerprint density at radius 1 is 1.06 bits per heavy atom. The average molecular weight is 436 g/mol. The van der Waals surface area contributed by atoms with Crippen molar-refractivity contribution in [2.24, 2.45) is 0 Å². The van der Waals surface area contributed by atoms with E-state index in [1.807, 2.05) is 75.4 Å². The van der Waals surface area contributed by atoms with Crippen molar-refractivity contribution in [3.05, 3.63) is 77.7 Å². The van der Waals surface area contributed by atoms with Gasteiger partial charge in [-0.15, -0.1) is 0 Å². The zero-order chi connectivity index (χ0) is 22.0. The van der Waals surface area contributed by atoms with Gasteiger partial charge in [0.25, 0.3) is 0 Å². The summed E-state index contributed by atoms with van der Waals surface area (Å²) in [7, 11) is 0. The molecule has 0 radical (unpaired) electrons. The summed E-state index contributed by atoms with van der Waals surface area (Å²) in [6, 6.07) is 19.1. The SMILES string of the molecule is CC(C)(C)OC(=O)n1c(-c2ccnc(Cl)n2)cc2cc(OCc3ccccc3)ccc21. The summed E-state index contributed by atoms with van der Waals surface area (Å²) in [6.07, 6.45) is 1.06. The maximum Gasteiger partial charge on any atom is 0.419 e. The molecule has 0 atom stereocenters. The molecule has 6 nitrogen and oxygen atoms in total. The normalized spacial score (nSPS) is 11.5. The molecule has 0 fully saturated rings. The Morgan fingerprint density at radius 3 is 2.55 bits per heavy atom. The van der Waals surface area contributed by atoms with Crippen LogP contribution in [0.15, 0.2) is 66.9 Å². The molecule has 0 unspecified atom stereocenters. The number of fused-ring (bicyclic) bond motifs is 1. The van der Waals surface area contributed by atoms with Crippen LogP contribution in [-0.4, -0.2) is 26.2 Å². The predicted molar refractivity (Wildman–Crippen MR) is 120 cm³/mol. The topological polar surface area (TPSA) is 66.2 Å². The van der Waals surface area contributed by atoms with Gasteiger partial charge in [-0.1, -0.05) is 30.3 Å². The second kappa shape index (κ2) is 8.40. The van der Waals surface area contributed by atoms with Crippen molar-refractivity contribution < 1.29 is 14.3 Å². The molecule has 0 aliphatic heterocycles. The number of ether oxygens (including phenoxy) is 2. The standard InChI is InChI=1S/C24H22ClN3O3/c1-24(2,3)31-23(29)28-20-10-9-18(30-15-16-7-5-4-6-8-16)13-17(20)14-21(28)19-11-12-26-22(25)27-19/h4-14H,15H2,1-3H3. The maximum atomic E-state index is 13.0. The molecule has 0 spiro atoms. The van der Waals surface area contributed by atoms with Gasteiger partial charge in [0.1, 0.15) is 18.0 Å². The van der Waals surface area contributed by atoms with Crippen LogP contribution in [-0.2, 0) is 11.3 Å². The summed E-state index contributed by atoms with van der Waals surface area (Å²) in [6.45, 7) is 5.93. The number of carbonyl (C=O) groups is 1. The first kappa shape index (κ1) is 20.9. The molecule has 0 amide bonds. The molecule has 2 aromatic heterocycles. The van der Waals surface area contributed by atoms with Gasteiger partial charge in [0.15, 0.2) is 0 Å². The Morgan fingerprint density at radius 2 is 1.84 bits per heavy atom. The van der Waals surface area contributed by atoms with E-state index in [0.717, 1.165) is 10.9 Å². The van der Waals surface area contributed by atoms with Gasteiger partial charge in [-0.05, 0) is 68.3 Å². The smallest absolute Gasteiger partial charge is 0.419 e. The molecular weight excluding hydrogens is 414 g/mol. The van der Waals surface area contributed by atoms with E-state index in [1.165, 1.54) is 4.57 Å². The first-order chi connectivity index (χ1) is 14.8. The van der Waals surface area contributed by atoms with E-state index in [0.29, 0.717) is 29.3 Å². The molecule has 0 aliphatic carbocycles. The highest BCUT2D eigenvalue weighted by molar-refractivity contribution is 6.28. The van der Waals surface area contributed by atoms with Crippen LogP contribution in [0.25, 0.3) is 22.3 Å². The zero-order valence-corrected chi connectivity index (χ0v) is 18.3. The van der Waals surface area contributed by atoms with Crippen molar-refractivity contribution >= 4 is 28.6 Å². The highest BCUT2D eigenvalue weighted by Gasteiger charge is 2.23. The molecule has 0 saturated carbocycles. The van der Waals surface area contributed by atoms with Crippen LogP contribution >= 0.6 is 11.6 Å². The minimum Gasteiger partial charge on any atom is -0.489 e. The van der Waals surface area contributed by atoms with Crippen molar-refractivity contribution in [2.45, 2.75) is 33.0 Å². The van der Waals surface area contributed by atoms with Crippen molar-refractivity contribution in [1.29, 1.82) is 0 Å². The molecule has 2 heterocycles. The van der Waals surface area contributed by atoms with Gasteiger partial charge in [0.05, 0.1) is 16.9 Å². The van der Waals surface area contributed by atoms with Crippen molar-refractivity contribution in [3.63, 3.8) is 0 Å². The van der Waals surface area contributed by atoms with Gasteiger partial charge in [0.2, 0.25) is 5.28 Å². The van der Waals surface area contributed by atoms with Crippen LogP contribution in [0.2, 0.25) is 5.28 Å². The van der Waals surface area contributed by atoms with Gasteiger partial charge >= 0.3 is 6.09 Å². The summed E-state index contributed by atoms with van der Waals surface area (Å²) >= 11 is 5.99. The molecule has 0 N–H and O–H groups in total. The lowest BCUT2D eigenvalue weighted by Crippen LogP contribution is -2.27. The maximum absolute atomic E-state index is 13.0. The van der Waals surface area contributed by atoms with Crippen LogP contribution in [0.1, 0.15) is 26.3 Å². The van der Waals surface area contributed by atoms with Crippen LogP contribution in [0, 0.1) is 0 Å². The van der Waals surface area contributed by atoms with Gasteiger partial charge in [-0.25, -0.2) is 19.3 Å². The number of rotatable bonds is 4. The van der Waals surface area contributed by atoms with Crippen LogP contribution in [0.5, 0.6) is 5.75 Å². The van der Waals surface area contributed by atoms with E-state index in [9.17, 15) is 4.79 Å². The fourth-order valence-corrected chi connectivity index (χ4v) is 3.34. The van der Waals surface area contributed by atoms with Crippen molar-refractivity contribution in [1.82, 2.24) is 14.5 Å². The second-order valence-corrected chi connectivity index (χ2v) is 8.39. The van der Waals surface area contributed by atoms with E-state index >= 15 is 0 Å². The van der Waals surface area contributed by atoms with E-state index in [4.69, 9.17) is 21.1 Å². The summed E-state index contributed by atoms with van der Waals surface area (Å²) in [5.41, 5.74) is 2.20. The number of hydrogen-bond donors (Lipinski definition) is 0. The Hall–Kier alpha value is -3.38. The van der Waals surface area contributed by atoms with E-state index in [1.54, 1.807) is 12.3 Å². The van der Waals surface area contributed by atoms with Crippen LogP contribution in [0.4, 0.5) is 4.79 Å². The molecule has 0 aliphatic rings. The predicted octanol–water partition coefficient (Wildman–Crippen LogP) is 6.11. The molecule has 7 heteroatoms. The molecule has 0 saturated heterocycles. The lowest BCUT2D eigenvalue weighted by atomic mass is 10.2. The largest absolute Gasteiger partial charge is 0.489 e. The van der Waals surface area contributed by atoms with Crippen LogP contribution < -0.4 is 4.74 Å². The number of hydrogen-bond acceptors (Lipinski definition) is 5. The molecule has 4 rings (SSSR count). The minimum absolute atomic E-state index is 0.102. The number of aromatic nitrogens is 3. The summed E-state index contributed by atoms with van der Waals surface area (Å²) in [5.74, 6) is 0.699. The molecular formula is C24H22ClN3O3. The van der Waals surface area contributed by atoms with E-state index in [2.05, 4.69) is 9.97 Å². The number of carbonyl (C=O) groups excluding carboxylic acids is 1. The Labute approximate surface area is 185 Å². The Kier molecular flexibility index (Phi) is 5.65. The Bertz CT molecular complexity index is 1230. The van der Waals surface area contributed by atoms with E-state index in [-0.39, 0.29) is 5.28 Å². The third kappa shape index (κ3) is 4.86. The van der Waals surface area contributed by atoms with Gasteiger partial charge in [0, 0.05) is 11.6 Å².